The van der Waals surface area contributed by atoms with Crippen LogP contribution in [0, 0.1) is 0 Å². The highest BCUT2D eigenvalue weighted by Gasteiger charge is 2.20. The number of anilines is 2. The fourth-order valence-corrected chi connectivity index (χ4v) is 3.37. The lowest BCUT2D eigenvalue weighted by Crippen LogP contribution is -2.37. The summed E-state index contributed by atoms with van der Waals surface area (Å²) in [6, 6.07) is 5.42. The van der Waals surface area contributed by atoms with Gasteiger partial charge in [0.1, 0.15) is 11.6 Å². The summed E-state index contributed by atoms with van der Waals surface area (Å²) in [4.78, 5) is 25.7. The van der Waals surface area contributed by atoms with Crippen molar-refractivity contribution < 1.29 is 5.11 Å². The maximum atomic E-state index is 11.3. The number of H-pyrrole nitrogens is 1. The Labute approximate surface area is 178 Å². The Morgan fingerprint density at radius 2 is 2.13 bits per heavy atom. The molecule has 30 heavy (non-hydrogen) atoms. The van der Waals surface area contributed by atoms with Gasteiger partial charge in [-0.2, -0.15) is 0 Å². The van der Waals surface area contributed by atoms with E-state index in [1.54, 1.807) is 18.5 Å². The number of aliphatic hydroxyl groups excluding tert-OH is 1. The number of nitrogens with zero attached hydrogens (tertiary/aromatic N) is 3. The summed E-state index contributed by atoms with van der Waals surface area (Å²) in [6.45, 7) is 7.76. The monoisotopic (exact) mass is 414 g/mol. The zero-order valence-corrected chi connectivity index (χ0v) is 18.2. The van der Waals surface area contributed by atoms with E-state index in [4.69, 9.17) is 10.7 Å². The van der Waals surface area contributed by atoms with Crippen molar-refractivity contribution in [1.29, 1.82) is 0 Å². The van der Waals surface area contributed by atoms with E-state index < -0.39 is 0 Å². The lowest BCUT2D eigenvalue weighted by Gasteiger charge is -2.32. The van der Waals surface area contributed by atoms with Crippen LogP contribution >= 0.6 is 0 Å². The Morgan fingerprint density at radius 3 is 2.70 bits per heavy atom. The molecule has 8 nitrogen and oxygen atoms in total. The Kier molecular flexibility index (Phi) is 9.34. The highest BCUT2D eigenvalue weighted by molar-refractivity contribution is 5.63. The van der Waals surface area contributed by atoms with Gasteiger partial charge in [0.15, 0.2) is 5.82 Å². The molecule has 0 fully saturated rings. The molecule has 0 radical (unpaired) electrons. The number of nitrogens with two attached hydrogens (primary N) is 1. The molecule has 2 aromatic heterocycles. The molecule has 0 aliphatic carbocycles. The van der Waals surface area contributed by atoms with Crippen LogP contribution in [0.25, 0.3) is 5.57 Å². The van der Waals surface area contributed by atoms with Gasteiger partial charge in [-0.25, -0.2) is 9.97 Å². The van der Waals surface area contributed by atoms with E-state index in [9.17, 15) is 9.90 Å². The van der Waals surface area contributed by atoms with Crippen LogP contribution in [0.15, 0.2) is 35.4 Å². The van der Waals surface area contributed by atoms with E-state index >= 15 is 0 Å². The Bertz CT molecular complexity index is 860. The number of hydrogen-bond acceptors (Lipinski definition) is 7. The van der Waals surface area contributed by atoms with E-state index in [0.717, 1.165) is 42.8 Å². The first-order valence-corrected chi connectivity index (χ1v) is 10.6. The fraction of sp³-hybridized carbons (Fsp3) is 0.500. The van der Waals surface area contributed by atoms with Gasteiger partial charge >= 0.3 is 0 Å². The zero-order valence-electron chi connectivity index (χ0n) is 18.2. The first-order chi connectivity index (χ1) is 14.6. The number of nitrogens with one attached hydrogen (secondary N) is 2. The van der Waals surface area contributed by atoms with Gasteiger partial charge in [-0.05, 0) is 31.2 Å². The van der Waals surface area contributed by atoms with Crippen LogP contribution in [0.2, 0.25) is 0 Å². The normalized spacial score (nSPS) is 12.6. The van der Waals surface area contributed by atoms with Crippen molar-refractivity contribution in [2.24, 2.45) is 5.73 Å². The van der Waals surface area contributed by atoms with Crippen molar-refractivity contribution in [3.63, 3.8) is 0 Å². The predicted octanol–water partition coefficient (Wildman–Crippen LogP) is 2.86. The van der Waals surface area contributed by atoms with Crippen LogP contribution in [0.4, 0.5) is 11.6 Å². The van der Waals surface area contributed by atoms with Gasteiger partial charge < -0.3 is 26.0 Å². The zero-order chi connectivity index (χ0) is 21.9. The molecule has 0 saturated heterocycles. The van der Waals surface area contributed by atoms with Gasteiger partial charge in [0.05, 0.1) is 0 Å². The van der Waals surface area contributed by atoms with E-state index in [1.165, 1.54) is 6.07 Å². The summed E-state index contributed by atoms with van der Waals surface area (Å²) < 4.78 is 0. The van der Waals surface area contributed by atoms with E-state index in [2.05, 4.69) is 34.0 Å². The first-order valence-electron chi connectivity index (χ1n) is 10.6. The number of pyridine rings is 1. The van der Waals surface area contributed by atoms with E-state index in [1.807, 2.05) is 13.0 Å². The van der Waals surface area contributed by atoms with Gasteiger partial charge in [-0.15, -0.1) is 0 Å². The first kappa shape index (κ1) is 23.4. The maximum Gasteiger partial charge on any atom is 0.247 e. The maximum absolute atomic E-state index is 11.3. The van der Waals surface area contributed by atoms with Crippen molar-refractivity contribution in [1.82, 2.24) is 15.0 Å². The highest BCUT2D eigenvalue weighted by Crippen LogP contribution is 2.25. The van der Waals surface area contributed by atoms with E-state index in [0.29, 0.717) is 24.6 Å². The second-order valence-electron chi connectivity index (χ2n) is 7.16. The molecule has 164 valence electrons. The Balaban J connectivity index is 2.41. The molecule has 0 aliphatic heterocycles. The van der Waals surface area contributed by atoms with Crippen molar-refractivity contribution in [3.05, 3.63) is 52.3 Å². The molecular formula is C22H34N6O2. The SMILES string of the molecule is CCCN(c1cc(NCc2ccc(=O)[nH]c2)nc(/C(=C\N)CC)n1)C(CC)CCO. The number of rotatable bonds is 12. The summed E-state index contributed by atoms with van der Waals surface area (Å²) in [5.74, 6) is 2.11. The molecule has 0 spiro atoms. The van der Waals surface area contributed by atoms with Crippen LogP contribution < -0.4 is 21.5 Å². The molecular weight excluding hydrogens is 380 g/mol. The van der Waals surface area contributed by atoms with Gasteiger partial charge in [-0.1, -0.05) is 26.8 Å². The van der Waals surface area contributed by atoms with Crippen molar-refractivity contribution in [3.8, 4) is 0 Å². The molecule has 0 saturated carbocycles. The lowest BCUT2D eigenvalue weighted by molar-refractivity contribution is 0.270. The Hall–Kier alpha value is -2.87. The third-order valence-corrected chi connectivity index (χ3v) is 5.04. The molecule has 8 heteroatoms. The molecule has 0 aromatic carbocycles. The van der Waals surface area contributed by atoms with Crippen molar-refractivity contribution in [2.45, 2.75) is 59.0 Å². The lowest BCUT2D eigenvalue weighted by atomic mass is 10.1. The summed E-state index contributed by atoms with van der Waals surface area (Å²) in [7, 11) is 0. The molecule has 2 rings (SSSR count). The second kappa shape index (κ2) is 12.0. The summed E-state index contributed by atoms with van der Waals surface area (Å²) in [5, 5.41) is 12.8. The third kappa shape index (κ3) is 6.32. The molecule has 0 aliphatic rings. The standard InChI is InChI=1S/C22H34N6O2/c1-4-10-28(18(6-3)9-11-29)20-12-19(26-22(27-20)17(5-2)13-23)24-14-16-7-8-21(30)25-15-16/h7-8,12-13,15,18,29H,4-6,9-11,14,23H2,1-3H3,(H,25,30)(H,24,26,27)/b17-13-. The average Bonchev–Trinajstić information content (AvgIpc) is 2.76. The van der Waals surface area contributed by atoms with Gasteiger partial charge in [0.25, 0.3) is 0 Å². The smallest absolute Gasteiger partial charge is 0.247 e. The molecule has 0 bridgehead atoms. The minimum atomic E-state index is -0.129. The molecule has 5 N–H and O–H groups in total. The highest BCUT2D eigenvalue weighted by atomic mass is 16.3. The predicted molar refractivity (Wildman–Crippen MR) is 122 cm³/mol. The number of aromatic nitrogens is 3. The van der Waals surface area contributed by atoms with Crippen molar-refractivity contribution in [2.75, 3.05) is 23.4 Å². The minimum absolute atomic E-state index is 0.129. The molecule has 1 atom stereocenters. The molecule has 2 aromatic rings. The summed E-state index contributed by atoms with van der Waals surface area (Å²) in [6.07, 6.45) is 6.53. The Morgan fingerprint density at radius 1 is 1.33 bits per heavy atom. The summed E-state index contributed by atoms with van der Waals surface area (Å²) >= 11 is 0. The summed E-state index contributed by atoms with van der Waals surface area (Å²) in [5.41, 5.74) is 7.51. The molecule has 2 heterocycles. The van der Waals surface area contributed by atoms with Gasteiger partial charge in [0.2, 0.25) is 5.56 Å². The average molecular weight is 415 g/mol. The van der Waals surface area contributed by atoms with Crippen LogP contribution in [0.3, 0.4) is 0 Å². The van der Waals surface area contributed by atoms with E-state index in [-0.39, 0.29) is 18.2 Å². The second-order valence-corrected chi connectivity index (χ2v) is 7.16. The molecule has 0 amide bonds. The number of aromatic amines is 1. The quantitative estimate of drug-likeness (QED) is 0.421. The van der Waals surface area contributed by atoms with Crippen molar-refractivity contribution >= 4 is 17.2 Å². The molecule has 1 unspecified atom stereocenters. The largest absolute Gasteiger partial charge is 0.404 e. The minimum Gasteiger partial charge on any atom is -0.404 e. The van der Waals surface area contributed by atoms with Crippen LogP contribution in [-0.4, -0.2) is 39.3 Å². The van der Waals surface area contributed by atoms with Crippen LogP contribution in [0.1, 0.15) is 57.8 Å². The van der Waals surface area contributed by atoms with Crippen LogP contribution in [-0.2, 0) is 6.54 Å². The third-order valence-electron chi connectivity index (χ3n) is 5.04. The topological polar surface area (TPSA) is 120 Å². The number of allylic oxidation sites excluding steroid dienone is 1. The van der Waals surface area contributed by atoms with Gasteiger partial charge in [0, 0.05) is 55.8 Å². The number of aliphatic hydroxyl groups is 1. The van der Waals surface area contributed by atoms with Gasteiger partial charge in [-0.3, -0.25) is 4.79 Å². The number of hydrogen-bond donors (Lipinski definition) is 4. The fourth-order valence-electron chi connectivity index (χ4n) is 3.37. The van der Waals surface area contributed by atoms with Crippen LogP contribution in [0.5, 0.6) is 0 Å².